The minimum absolute atomic E-state index is 0.00424. The van der Waals surface area contributed by atoms with Gasteiger partial charge in [0.15, 0.2) is 0 Å². The second-order valence-corrected chi connectivity index (χ2v) is 8.49. The molecular weight excluding hydrogens is 411 g/mol. The normalized spacial score (nSPS) is 14.9. The van der Waals surface area contributed by atoms with Gasteiger partial charge < -0.3 is 14.4 Å². The number of anilines is 1. The van der Waals surface area contributed by atoms with E-state index in [-0.39, 0.29) is 6.71 Å². The first-order valence-corrected chi connectivity index (χ1v) is 10.9. The Morgan fingerprint density at radius 3 is 2.33 bits per heavy atom. The summed E-state index contributed by atoms with van der Waals surface area (Å²) in [5.41, 5.74) is 6.40. The molecule has 0 N–H and O–H groups in total. The van der Waals surface area contributed by atoms with Crippen LogP contribution in [0.15, 0.2) is 84.1 Å². The van der Waals surface area contributed by atoms with E-state index in [4.69, 9.17) is 9.47 Å². The lowest BCUT2D eigenvalue weighted by molar-refractivity contribution is 0.393. The Kier molecular flexibility index (Phi) is 3.82. The van der Waals surface area contributed by atoms with Crippen LogP contribution in [0.2, 0.25) is 0 Å². The zero-order valence-corrected chi connectivity index (χ0v) is 18.0. The molecule has 0 spiro atoms. The van der Waals surface area contributed by atoms with Gasteiger partial charge in [-0.3, -0.25) is 9.99 Å². The highest BCUT2D eigenvalue weighted by molar-refractivity contribution is 6.98. The van der Waals surface area contributed by atoms with Crippen molar-refractivity contribution in [3.05, 3.63) is 79.0 Å². The second kappa shape index (κ2) is 6.87. The number of fused-ring (bicyclic) bond motifs is 4. The molecule has 0 amide bonds. The fraction of sp³-hybridized carbons (Fsp3) is 0.0769. The van der Waals surface area contributed by atoms with Crippen molar-refractivity contribution >= 4 is 35.1 Å². The van der Waals surface area contributed by atoms with Gasteiger partial charge in [-0.2, -0.15) is 5.10 Å². The van der Waals surface area contributed by atoms with Crippen molar-refractivity contribution in [2.75, 3.05) is 18.6 Å². The molecule has 3 aromatic carbocycles. The lowest BCUT2D eigenvalue weighted by Crippen LogP contribution is -2.57. The monoisotopic (exact) mass is 430 g/mol. The molecule has 0 bridgehead atoms. The van der Waals surface area contributed by atoms with Crippen molar-refractivity contribution in [3.63, 3.8) is 0 Å². The van der Waals surface area contributed by atoms with Gasteiger partial charge in [0.2, 0.25) is 0 Å². The number of pyridine rings is 1. The molecule has 158 valence electrons. The fourth-order valence-corrected chi connectivity index (χ4v) is 4.89. The molecule has 0 aliphatic carbocycles. The van der Waals surface area contributed by atoms with Crippen molar-refractivity contribution in [2.45, 2.75) is 0 Å². The van der Waals surface area contributed by atoms with Gasteiger partial charge in [-0.05, 0) is 71.1 Å². The minimum Gasteiger partial charge on any atom is -0.458 e. The highest BCUT2D eigenvalue weighted by atomic mass is 16.5. The summed E-state index contributed by atoms with van der Waals surface area (Å²) in [4.78, 5) is 6.68. The Morgan fingerprint density at radius 2 is 1.61 bits per heavy atom. The number of aromatic nitrogens is 1. The van der Waals surface area contributed by atoms with Crippen LogP contribution in [0.25, 0.3) is 11.3 Å². The quantitative estimate of drug-likeness (QED) is 0.395. The van der Waals surface area contributed by atoms with Gasteiger partial charge in [-0.25, -0.2) is 0 Å². The second-order valence-electron chi connectivity index (χ2n) is 8.49. The summed E-state index contributed by atoms with van der Waals surface area (Å²) in [6.07, 6.45) is 3.69. The van der Waals surface area contributed by atoms with E-state index in [0.717, 1.165) is 63.0 Å². The molecule has 3 aliphatic heterocycles. The van der Waals surface area contributed by atoms with Crippen LogP contribution in [0.1, 0.15) is 0 Å². The molecule has 0 unspecified atom stereocenters. The van der Waals surface area contributed by atoms with E-state index in [2.05, 4.69) is 51.4 Å². The predicted octanol–water partition coefficient (Wildman–Crippen LogP) is 3.13. The summed E-state index contributed by atoms with van der Waals surface area (Å²) in [6.45, 7) is 0.722. The number of hydrogen-bond donors (Lipinski definition) is 0. The van der Waals surface area contributed by atoms with Crippen LogP contribution >= 0.6 is 0 Å². The number of hydrazone groups is 1. The molecule has 1 aromatic heterocycles. The SMILES string of the molecule is CN1CN(c2ccc3c(c2)B2c4cc(-c5ccccn5)ccc4Oc4cccc(c42)O3)C=N1. The van der Waals surface area contributed by atoms with Crippen LogP contribution in [0, 0.1) is 0 Å². The molecule has 6 nitrogen and oxygen atoms in total. The number of nitrogens with zero attached hydrogens (tertiary/aromatic N) is 4. The minimum atomic E-state index is 0.00424. The lowest BCUT2D eigenvalue weighted by Gasteiger charge is -2.33. The first-order chi connectivity index (χ1) is 16.2. The van der Waals surface area contributed by atoms with Gasteiger partial charge in [0, 0.05) is 24.4 Å². The molecule has 7 rings (SSSR count). The summed E-state index contributed by atoms with van der Waals surface area (Å²) < 4.78 is 12.7. The van der Waals surface area contributed by atoms with Crippen molar-refractivity contribution in [1.29, 1.82) is 0 Å². The van der Waals surface area contributed by atoms with Gasteiger partial charge in [-0.15, -0.1) is 0 Å². The van der Waals surface area contributed by atoms with Crippen LogP contribution in [0.4, 0.5) is 5.69 Å². The lowest BCUT2D eigenvalue weighted by atomic mass is 9.34. The Labute approximate surface area is 191 Å². The van der Waals surface area contributed by atoms with Crippen LogP contribution in [0.5, 0.6) is 23.0 Å². The third-order valence-corrected chi connectivity index (χ3v) is 6.42. The number of benzene rings is 3. The van der Waals surface area contributed by atoms with Gasteiger partial charge >= 0.3 is 0 Å². The standard InChI is InChI=1S/C26H19BN4O2/c1-30-16-31(15-29-30)18-9-11-23-20(14-18)27-19-13-17(21-5-2-3-12-28-21)8-10-22(19)32-24-6-4-7-25(33-23)26(24)27/h2-15H,16H2,1H3. The predicted molar refractivity (Wildman–Crippen MR) is 131 cm³/mol. The maximum Gasteiger partial charge on any atom is 0.260 e. The Morgan fingerprint density at radius 1 is 0.818 bits per heavy atom. The van der Waals surface area contributed by atoms with Crippen LogP contribution in [-0.4, -0.2) is 36.8 Å². The van der Waals surface area contributed by atoms with E-state index in [1.807, 2.05) is 61.0 Å². The molecular formula is C26H19BN4O2. The van der Waals surface area contributed by atoms with E-state index >= 15 is 0 Å². The molecule has 3 aliphatic rings. The highest BCUT2D eigenvalue weighted by Crippen LogP contribution is 2.36. The summed E-state index contributed by atoms with van der Waals surface area (Å²) in [5, 5.41) is 6.27. The Bertz CT molecular complexity index is 1430. The summed E-state index contributed by atoms with van der Waals surface area (Å²) in [5.74, 6) is 3.42. The Balaban J connectivity index is 1.43. The average Bonchev–Trinajstić information content (AvgIpc) is 3.30. The van der Waals surface area contributed by atoms with Crippen LogP contribution in [-0.2, 0) is 0 Å². The number of rotatable bonds is 2. The molecule has 4 heterocycles. The zero-order valence-electron chi connectivity index (χ0n) is 18.0. The number of ether oxygens (including phenoxy) is 2. The van der Waals surface area contributed by atoms with Crippen LogP contribution < -0.4 is 30.8 Å². The third kappa shape index (κ3) is 2.82. The summed E-state index contributed by atoms with van der Waals surface area (Å²) in [7, 11) is 1.97. The maximum atomic E-state index is 6.34. The van der Waals surface area contributed by atoms with Crippen LogP contribution in [0.3, 0.4) is 0 Å². The maximum absolute atomic E-state index is 6.34. The topological polar surface area (TPSA) is 50.2 Å². The summed E-state index contributed by atoms with van der Waals surface area (Å²) in [6, 6.07) is 24.7. The largest absolute Gasteiger partial charge is 0.458 e. The van der Waals surface area contributed by atoms with E-state index < -0.39 is 0 Å². The molecule has 33 heavy (non-hydrogen) atoms. The van der Waals surface area contributed by atoms with E-state index in [1.54, 1.807) is 0 Å². The molecule has 0 fully saturated rings. The van der Waals surface area contributed by atoms with E-state index in [0.29, 0.717) is 0 Å². The molecule has 4 aromatic rings. The highest BCUT2D eigenvalue weighted by Gasteiger charge is 2.40. The van der Waals surface area contributed by atoms with Crippen molar-refractivity contribution in [1.82, 2.24) is 9.99 Å². The van der Waals surface area contributed by atoms with E-state index in [1.165, 1.54) is 0 Å². The molecule has 0 atom stereocenters. The summed E-state index contributed by atoms with van der Waals surface area (Å²) >= 11 is 0. The molecule has 0 saturated carbocycles. The zero-order chi connectivity index (χ0) is 21.9. The van der Waals surface area contributed by atoms with Crippen molar-refractivity contribution < 1.29 is 9.47 Å². The van der Waals surface area contributed by atoms with Crippen molar-refractivity contribution in [2.24, 2.45) is 5.10 Å². The molecule has 7 heteroatoms. The number of hydrogen-bond acceptors (Lipinski definition) is 6. The van der Waals surface area contributed by atoms with E-state index in [9.17, 15) is 0 Å². The molecule has 0 radical (unpaired) electrons. The smallest absolute Gasteiger partial charge is 0.260 e. The first-order valence-electron chi connectivity index (χ1n) is 10.9. The Hall–Kier alpha value is -4.26. The third-order valence-electron chi connectivity index (χ3n) is 6.42. The fourth-order valence-electron chi connectivity index (χ4n) is 4.89. The molecule has 0 saturated heterocycles. The van der Waals surface area contributed by atoms with Gasteiger partial charge in [0.05, 0.1) is 5.69 Å². The van der Waals surface area contributed by atoms with Crippen molar-refractivity contribution in [3.8, 4) is 34.3 Å². The van der Waals surface area contributed by atoms with Gasteiger partial charge in [0.25, 0.3) is 6.71 Å². The average molecular weight is 430 g/mol. The first kappa shape index (κ1) is 18.3. The van der Waals surface area contributed by atoms with Gasteiger partial charge in [0.1, 0.15) is 36.0 Å². The van der Waals surface area contributed by atoms with Gasteiger partial charge in [-0.1, -0.05) is 18.2 Å².